The van der Waals surface area contributed by atoms with Crippen LogP contribution in [0.1, 0.15) is 4.88 Å². The van der Waals surface area contributed by atoms with E-state index >= 15 is 0 Å². The normalized spacial score (nSPS) is 12.0. The zero-order valence-corrected chi connectivity index (χ0v) is 16.1. The van der Waals surface area contributed by atoms with Gasteiger partial charge in [-0.2, -0.15) is 0 Å². The molecule has 3 rings (SSSR count). The van der Waals surface area contributed by atoms with Crippen LogP contribution in [0.4, 0.5) is 6.01 Å². The molecule has 10 heteroatoms. The van der Waals surface area contributed by atoms with E-state index in [9.17, 15) is 13.2 Å². The first-order valence-electron chi connectivity index (χ1n) is 7.75. The molecule has 8 nitrogen and oxygen atoms in total. The molecule has 0 radical (unpaired) electrons. The molecule has 0 saturated carbocycles. The van der Waals surface area contributed by atoms with E-state index in [-0.39, 0.29) is 16.8 Å². The molecule has 0 unspecified atom stereocenters. The van der Waals surface area contributed by atoms with Crippen LogP contribution in [-0.2, 0) is 14.8 Å². The molecule has 27 heavy (non-hydrogen) atoms. The van der Waals surface area contributed by atoms with Crippen LogP contribution in [-0.4, -0.2) is 42.9 Å². The summed E-state index contributed by atoms with van der Waals surface area (Å²) in [7, 11) is -0.586. The topological polar surface area (TPSA) is 105 Å². The maximum atomic E-state index is 12.1. The van der Waals surface area contributed by atoms with Gasteiger partial charge in [0.25, 0.3) is 5.91 Å². The lowest BCUT2D eigenvalue weighted by Gasteiger charge is -2.11. The highest BCUT2D eigenvalue weighted by Gasteiger charge is 2.17. The highest BCUT2D eigenvalue weighted by Crippen LogP contribution is 2.22. The molecule has 0 fully saturated rings. The standard InChI is InChI=1S/C17H16N4O4S2/c1-21(2)27(23,24)14-8-5-12(6-9-14)16-19-20-17(25-16)18-15(22)10-7-13-4-3-11-26-13/h3-11H,1-2H3,(H,18,20,22)/b10-7+. The number of hydrogen-bond donors (Lipinski definition) is 1. The number of anilines is 1. The first-order chi connectivity index (χ1) is 12.9. The smallest absolute Gasteiger partial charge is 0.322 e. The molecule has 0 aliphatic heterocycles. The van der Waals surface area contributed by atoms with Crippen LogP contribution in [0.25, 0.3) is 17.5 Å². The number of rotatable bonds is 6. The maximum absolute atomic E-state index is 12.1. The summed E-state index contributed by atoms with van der Waals surface area (Å²) in [4.78, 5) is 13.0. The summed E-state index contributed by atoms with van der Waals surface area (Å²) in [6.45, 7) is 0. The van der Waals surface area contributed by atoms with Gasteiger partial charge in [0.05, 0.1) is 4.90 Å². The lowest BCUT2D eigenvalue weighted by molar-refractivity contribution is -0.112. The van der Waals surface area contributed by atoms with Crippen molar-refractivity contribution in [2.45, 2.75) is 4.90 Å². The van der Waals surface area contributed by atoms with Gasteiger partial charge in [0.2, 0.25) is 15.9 Å². The van der Waals surface area contributed by atoms with Gasteiger partial charge in [-0.05, 0) is 41.8 Å². The number of nitrogens with one attached hydrogen (secondary N) is 1. The van der Waals surface area contributed by atoms with Crippen molar-refractivity contribution in [1.29, 1.82) is 0 Å². The van der Waals surface area contributed by atoms with Gasteiger partial charge in [-0.3, -0.25) is 10.1 Å². The van der Waals surface area contributed by atoms with Crippen molar-refractivity contribution in [2.24, 2.45) is 0 Å². The Morgan fingerprint density at radius 2 is 1.93 bits per heavy atom. The highest BCUT2D eigenvalue weighted by molar-refractivity contribution is 7.89. The summed E-state index contributed by atoms with van der Waals surface area (Å²) in [5.41, 5.74) is 0.537. The van der Waals surface area contributed by atoms with E-state index in [0.717, 1.165) is 9.18 Å². The van der Waals surface area contributed by atoms with Crippen molar-refractivity contribution in [3.63, 3.8) is 0 Å². The monoisotopic (exact) mass is 404 g/mol. The molecule has 3 aromatic rings. The molecule has 0 saturated heterocycles. The zero-order chi connectivity index (χ0) is 19.4. The number of carbonyl (C=O) groups is 1. The Labute approximate surface area is 160 Å². The third-order valence-electron chi connectivity index (χ3n) is 3.48. The van der Waals surface area contributed by atoms with Gasteiger partial charge >= 0.3 is 6.01 Å². The predicted octanol–water partition coefficient (Wildman–Crippen LogP) is 2.70. The van der Waals surface area contributed by atoms with Gasteiger partial charge in [-0.15, -0.1) is 16.4 Å². The summed E-state index contributed by atoms with van der Waals surface area (Å²) in [6.07, 6.45) is 3.05. The Balaban J connectivity index is 1.69. The Kier molecular flexibility index (Phi) is 5.49. The van der Waals surface area contributed by atoms with Crippen molar-refractivity contribution in [2.75, 3.05) is 19.4 Å². The largest absolute Gasteiger partial charge is 0.403 e. The van der Waals surface area contributed by atoms with Crippen LogP contribution in [0, 0.1) is 0 Å². The van der Waals surface area contributed by atoms with Gasteiger partial charge in [-0.1, -0.05) is 11.2 Å². The van der Waals surface area contributed by atoms with Crippen molar-refractivity contribution < 1.29 is 17.6 Å². The number of carbonyl (C=O) groups excluding carboxylic acids is 1. The maximum Gasteiger partial charge on any atom is 0.322 e. The predicted molar refractivity (Wildman–Crippen MR) is 103 cm³/mol. The number of aromatic nitrogens is 2. The molecule has 2 aromatic heterocycles. The van der Waals surface area contributed by atoms with Gasteiger partial charge < -0.3 is 4.42 Å². The molecule has 0 atom stereocenters. The van der Waals surface area contributed by atoms with Crippen LogP contribution in [0.15, 0.2) is 57.2 Å². The highest BCUT2D eigenvalue weighted by atomic mass is 32.2. The lowest BCUT2D eigenvalue weighted by Crippen LogP contribution is -2.22. The van der Waals surface area contributed by atoms with Crippen molar-refractivity contribution in [3.8, 4) is 11.5 Å². The molecule has 0 bridgehead atoms. The van der Waals surface area contributed by atoms with Crippen LogP contribution < -0.4 is 5.32 Å². The third kappa shape index (κ3) is 4.48. The Morgan fingerprint density at radius 1 is 1.19 bits per heavy atom. The molecule has 140 valence electrons. The van der Waals surface area contributed by atoms with Crippen molar-refractivity contribution in [1.82, 2.24) is 14.5 Å². The molecular formula is C17H16N4O4S2. The molecule has 1 amide bonds. The fourth-order valence-corrected chi connectivity index (χ4v) is 3.58. The first kappa shape index (κ1) is 19.0. The first-order valence-corrected chi connectivity index (χ1v) is 10.1. The quantitative estimate of drug-likeness (QED) is 0.633. The van der Waals surface area contributed by atoms with Crippen molar-refractivity contribution in [3.05, 3.63) is 52.7 Å². The third-order valence-corrected chi connectivity index (χ3v) is 6.14. The molecule has 1 N–H and O–H groups in total. The molecule has 0 spiro atoms. The van der Waals surface area contributed by atoms with Gasteiger partial charge in [-0.25, -0.2) is 12.7 Å². The second kappa shape index (κ2) is 7.82. The minimum atomic E-state index is -3.51. The number of sulfonamides is 1. The zero-order valence-electron chi connectivity index (χ0n) is 14.5. The summed E-state index contributed by atoms with van der Waals surface area (Å²) < 4.78 is 30.7. The number of benzene rings is 1. The van der Waals surface area contributed by atoms with E-state index in [1.54, 1.807) is 18.2 Å². The van der Waals surface area contributed by atoms with Crippen LogP contribution in [0.3, 0.4) is 0 Å². The Hall–Kier alpha value is -2.82. The minimum absolute atomic E-state index is 0.0455. The van der Waals surface area contributed by atoms with Crippen molar-refractivity contribution >= 4 is 39.4 Å². The van der Waals surface area contributed by atoms with E-state index in [1.165, 1.54) is 43.6 Å². The number of hydrogen-bond acceptors (Lipinski definition) is 7. The average Bonchev–Trinajstić information content (AvgIpc) is 3.32. The van der Waals surface area contributed by atoms with Crippen LogP contribution >= 0.6 is 11.3 Å². The lowest BCUT2D eigenvalue weighted by atomic mass is 10.2. The molecule has 1 aromatic carbocycles. The average molecular weight is 404 g/mol. The van der Waals surface area contributed by atoms with E-state index in [4.69, 9.17) is 4.42 Å². The molecule has 2 heterocycles. The summed E-state index contributed by atoms with van der Waals surface area (Å²) in [5, 5.41) is 12.0. The van der Waals surface area contributed by atoms with Crippen LogP contribution in [0.2, 0.25) is 0 Å². The Bertz CT molecular complexity index is 1050. The van der Waals surface area contributed by atoms with E-state index in [1.807, 2.05) is 17.5 Å². The second-order valence-electron chi connectivity index (χ2n) is 5.56. The minimum Gasteiger partial charge on any atom is -0.403 e. The fourth-order valence-electron chi connectivity index (χ4n) is 2.06. The fraction of sp³-hybridized carbons (Fsp3) is 0.118. The molecule has 0 aliphatic carbocycles. The number of amides is 1. The summed E-state index contributed by atoms with van der Waals surface area (Å²) in [6, 6.07) is 9.77. The molecular weight excluding hydrogens is 388 g/mol. The summed E-state index contributed by atoms with van der Waals surface area (Å²) in [5.74, 6) is -0.229. The Morgan fingerprint density at radius 3 is 2.56 bits per heavy atom. The van der Waals surface area contributed by atoms with E-state index < -0.39 is 15.9 Å². The van der Waals surface area contributed by atoms with Gasteiger partial charge in [0, 0.05) is 30.6 Å². The molecule has 0 aliphatic rings. The van der Waals surface area contributed by atoms with E-state index in [0.29, 0.717) is 5.56 Å². The SMILES string of the molecule is CN(C)S(=O)(=O)c1ccc(-c2nnc(NC(=O)/C=C/c3cccs3)o2)cc1. The van der Waals surface area contributed by atoms with Gasteiger partial charge in [0.1, 0.15) is 0 Å². The van der Waals surface area contributed by atoms with Gasteiger partial charge in [0.15, 0.2) is 0 Å². The number of nitrogens with zero attached hydrogens (tertiary/aromatic N) is 3. The van der Waals surface area contributed by atoms with E-state index in [2.05, 4.69) is 15.5 Å². The summed E-state index contributed by atoms with van der Waals surface area (Å²) >= 11 is 1.51. The number of thiophene rings is 1. The van der Waals surface area contributed by atoms with Crippen LogP contribution in [0.5, 0.6) is 0 Å². The second-order valence-corrected chi connectivity index (χ2v) is 8.69.